The minimum absolute atomic E-state index is 0.328. The van der Waals surface area contributed by atoms with E-state index in [9.17, 15) is 14.3 Å². The van der Waals surface area contributed by atoms with Crippen LogP contribution in [0.1, 0.15) is 29.3 Å². The van der Waals surface area contributed by atoms with Crippen LogP contribution in [0.3, 0.4) is 0 Å². The fourth-order valence-corrected chi connectivity index (χ4v) is 4.20. The zero-order valence-electron chi connectivity index (χ0n) is 10.4. The van der Waals surface area contributed by atoms with Crippen LogP contribution in [-0.2, 0) is 11.2 Å². The number of carboxylic acids is 1. The highest BCUT2D eigenvalue weighted by Crippen LogP contribution is 2.40. The first-order chi connectivity index (χ1) is 9.56. The number of nitrogens with zero attached hydrogens (tertiary/aromatic N) is 1. The quantitative estimate of drug-likeness (QED) is 0.877. The molecule has 20 heavy (non-hydrogen) atoms. The molecule has 104 valence electrons. The average Bonchev–Trinajstić information content (AvgIpc) is 2.84. The van der Waals surface area contributed by atoms with Crippen LogP contribution in [0.15, 0.2) is 22.7 Å². The van der Waals surface area contributed by atoms with Gasteiger partial charge in [0.2, 0.25) is 0 Å². The minimum Gasteiger partial charge on any atom is -0.481 e. The summed E-state index contributed by atoms with van der Waals surface area (Å²) in [6, 6.07) is 4.44. The molecule has 0 bridgehead atoms. The van der Waals surface area contributed by atoms with E-state index in [4.69, 9.17) is 0 Å². The lowest BCUT2D eigenvalue weighted by Crippen LogP contribution is -2.17. The van der Waals surface area contributed by atoms with E-state index in [1.807, 2.05) is 0 Å². The van der Waals surface area contributed by atoms with E-state index in [0.29, 0.717) is 22.7 Å². The molecule has 3 nitrogen and oxygen atoms in total. The summed E-state index contributed by atoms with van der Waals surface area (Å²) < 4.78 is 14.1. The molecule has 0 spiro atoms. The number of fused-ring (bicyclic) bond motifs is 1. The van der Waals surface area contributed by atoms with Gasteiger partial charge in [-0.2, -0.15) is 0 Å². The molecule has 0 aliphatic heterocycles. The van der Waals surface area contributed by atoms with Gasteiger partial charge in [-0.25, -0.2) is 9.37 Å². The van der Waals surface area contributed by atoms with Crippen molar-refractivity contribution in [2.45, 2.75) is 25.2 Å². The van der Waals surface area contributed by atoms with Crippen molar-refractivity contribution >= 4 is 33.2 Å². The molecule has 2 aromatic rings. The summed E-state index contributed by atoms with van der Waals surface area (Å²) in [6.07, 6.45) is 2.33. The van der Waals surface area contributed by atoms with Crippen LogP contribution in [0.2, 0.25) is 0 Å². The third-order valence-electron chi connectivity index (χ3n) is 3.41. The Bertz CT molecular complexity index is 686. The minimum atomic E-state index is -0.832. The molecule has 0 saturated carbocycles. The number of thiazole rings is 1. The number of carbonyl (C=O) groups is 1. The molecule has 1 unspecified atom stereocenters. The molecular formula is C14H11BrFNO2S. The first-order valence-electron chi connectivity index (χ1n) is 6.24. The maximum atomic E-state index is 13.4. The topological polar surface area (TPSA) is 50.2 Å². The van der Waals surface area contributed by atoms with Crippen molar-refractivity contribution in [3.8, 4) is 10.6 Å². The zero-order chi connectivity index (χ0) is 14.3. The Morgan fingerprint density at radius 3 is 3.05 bits per heavy atom. The van der Waals surface area contributed by atoms with E-state index in [1.165, 1.54) is 23.5 Å². The third kappa shape index (κ3) is 2.38. The van der Waals surface area contributed by atoms with Crippen molar-refractivity contribution in [1.82, 2.24) is 4.98 Å². The fourth-order valence-electron chi connectivity index (χ4n) is 2.44. The van der Waals surface area contributed by atoms with Crippen molar-refractivity contribution in [2.75, 3.05) is 0 Å². The van der Waals surface area contributed by atoms with Crippen LogP contribution in [0, 0.1) is 5.82 Å². The average molecular weight is 356 g/mol. The smallest absolute Gasteiger partial charge is 0.312 e. The third-order valence-corrected chi connectivity index (χ3v) is 5.27. The molecule has 0 saturated heterocycles. The Kier molecular flexibility index (Phi) is 3.60. The van der Waals surface area contributed by atoms with Crippen molar-refractivity contribution in [1.29, 1.82) is 0 Å². The number of halogens is 2. The molecule has 0 fully saturated rings. The van der Waals surface area contributed by atoms with Crippen LogP contribution >= 0.6 is 27.3 Å². The van der Waals surface area contributed by atoms with Gasteiger partial charge >= 0.3 is 5.97 Å². The number of hydrogen-bond donors (Lipinski definition) is 1. The Morgan fingerprint density at radius 1 is 1.50 bits per heavy atom. The zero-order valence-corrected chi connectivity index (χ0v) is 12.8. The molecule has 1 aromatic carbocycles. The van der Waals surface area contributed by atoms with Gasteiger partial charge in [-0.1, -0.05) is 15.9 Å². The largest absolute Gasteiger partial charge is 0.481 e. The lowest BCUT2D eigenvalue weighted by atomic mass is 9.91. The molecule has 1 N–H and O–H groups in total. The molecule has 1 atom stereocenters. The van der Waals surface area contributed by atoms with E-state index in [2.05, 4.69) is 20.9 Å². The maximum absolute atomic E-state index is 13.4. The van der Waals surface area contributed by atoms with Crippen LogP contribution in [0.25, 0.3) is 10.6 Å². The molecule has 1 aliphatic rings. The number of aliphatic carboxylic acids is 1. The number of carboxylic acid groups (broad SMARTS) is 1. The normalized spacial score (nSPS) is 17.8. The lowest BCUT2D eigenvalue weighted by molar-refractivity contribution is -0.139. The molecule has 1 heterocycles. The van der Waals surface area contributed by atoms with Gasteiger partial charge in [-0.3, -0.25) is 4.79 Å². The van der Waals surface area contributed by atoms with Gasteiger partial charge in [0.05, 0.1) is 11.6 Å². The van der Waals surface area contributed by atoms with Gasteiger partial charge in [-0.05, 0) is 37.5 Å². The van der Waals surface area contributed by atoms with Crippen molar-refractivity contribution in [2.24, 2.45) is 0 Å². The Labute approximate surface area is 127 Å². The number of benzene rings is 1. The lowest BCUT2D eigenvalue weighted by Gasteiger charge is -2.16. The summed E-state index contributed by atoms with van der Waals surface area (Å²) in [5.74, 6) is -1.69. The molecule has 0 radical (unpaired) electrons. The highest BCUT2D eigenvalue weighted by molar-refractivity contribution is 9.10. The van der Waals surface area contributed by atoms with Crippen molar-refractivity contribution in [3.05, 3.63) is 39.1 Å². The number of rotatable bonds is 2. The van der Waals surface area contributed by atoms with Gasteiger partial charge in [0.15, 0.2) is 0 Å². The predicted octanol–water partition coefficient (Wildman–Crippen LogP) is 4.22. The summed E-state index contributed by atoms with van der Waals surface area (Å²) in [7, 11) is 0. The summed E-state index contributed by atoms with van der Waals surface area (Å²) >= 11 is 4.85. The number of aryl methyl sites for hydroxylation is 1. The van der Waals surface area contributed by atoms with Crippen molar-refractivity contribution < 1.29 is 14.3 Å². The molecule has 1 aliphatic carbocycles. The molecule has 0 amide bonds. The van der Waals surface area contributed by atoms with Crippen molar-refractivity contribution in [3.63, 3.8) is 0 Å². The van der Waals surface area contributed by atoms with Crippen LogP contribution in [0.4, 0.5) is 4.39 Å². The molecule has 3 rings (SSSR count). The standard InChI is InChI=1S/C14H11BrFNO2S/c15-10-5-4-7(16)6-9(10)13-17-12-8(14(18)19)2-1-3-11(12)20-13/h4-6,8H,1-3H2,(H,18,19). The predicted molar refractivity (Wildman–Crippen MR) is 78.5 cm³/mol. The van der Waals surface area contributed by atoms with Crippen LogP contribution in [-0.4, -0.2) is 16.1 Å². The van der Waals surface area contributed by atoms with Gasteiger partial charge in [0, 0.05) is 14.9 Å². The van der Waals surface area contributed by atoms with Gasteiger partial charge in [0.1, 0.15) is 10.8 Å². The van der Waals surface area contributed by atoms with E-state index in [1.54, 1.807) is 6.07 Å². The summed E-state index contributed by atoms with van der Waals surface area (Å²) in [6.45, 7) is 0. The molecule has 6 heteroatoms. The Hall–Kier alpha value is -1.27. The number of hydrogen-bond acceptors (Lipinski definition) is 3. The Morgan fingerprint density at radius 2 is 2.30 bits per heavy atom. The second-order valence-electron chi connectivity index (χ2n) is 4.73. The number of aromatic nitrogens is 1. The van der Waals surface area contributed by atoms with E-state index < -0.39 is 11.9 Å². The second-order valence-corrected chi connectivity index (χ2v) is 6.67. The first kappa shape index (κ1) is 13.7. The first-order valence-corrected chi connectivity index (χ1v) is 7.85. The van der Waals surface area contributed by atoms with E-state index in [-0.39, 0.29) is 5.82 Å². The Balaban J connectivity index is 2.09. The van der Waals surface area contributed by atoms with Gasteiger partial charge in [0.25, 0.3) is 0 Å². The van der Waals surface area contributed by atoms with Gasteiger partial charge < -0.3 is 5.11 Å². The van der Waals surface area contributed by atoms with E-state index in [0.717, 1.165) is 22.2 Å². The highest BCUT2D eigenvalue weighted by Gasteiger charge is 2.30. The van der Waals surface area contributed by atoms with E-state index >= 15 is 0 Å². The van der Waals surface area contributed by atoms with Crippen LogP contribution < -0.4 is 0 Å². The molecule has 1 aromatic heterocycles. The SMILES string of the molecule is O=C(O)C1CCCc2sc(-c3cc(F)ccc3Br)nc21. The monoisotopic (exact) mass is 355 g/mol. The summed E-state index contributed by atoms with van der Waals surface area (Å²) in [4.78, 5) is 16.8. The molecular weight excluding hydrogens is 345 g/mol. The summed E-state index contributed by atoms with van der Waals surface area (Å²) in [5, 5.41) is 9.93. The van der Waals surface area contributed by atoms with Gasteiger partial charge in [-0.15, -0.1) is 11.3 Å². The fraction of sp³-hybridized carbons (Fsp3) is 0.286. The highest BCUT2D eigenvalue weighted by atomic mass is 79.9. The van der Waals surface area contributed by atoms with Crippen LogP contribution in [0.5, 0.6) is 0 Å². The second kappa shape index (κ2) is 5.26. The maximum Gasteiger partial charge on any atom is 0.312 e. The summed E-state index contributed by atoms with van der Waals surface area (Å²) in [5.41, 5.74) is 1.33.